The van der Waals surface area contributed by atoms with Crippen LogP contribution in [0.25, 0.3) is 0 Å². The van der Waals surface area contributed by atoms with Gasteiger partial charge < -0.3 is 28.4 Å². The average Bonchev–Trinajstić information content (AvgIpc) is 2.82. The topological polar surface area (TPSA) is 38.7 Å². The second kappa shape index (κ2) is 20.3. The van der Waals surface area contributed by atoms with Gasteiger partial charge in [-0.3, -0.25) is 0 Å². The van der Waals surface area contributed by atoms with Crippen LogP contribution >= 0.6 is 0 Å². The summed E-state index contributed by atoms with van der Waals surface area (Å²) in [5.74, 6) is 0.754. The summed E-state index contributed by atoms with van der Waals surface area (Å²) in [4.78, 5) is 0. The molecule has 2 aliphatic carbocycles. The first-order chi connectivity index (χ1) is 15.5. The van der Waals surface area contributed by atoms with Crippen LogP contribution in [0.5, 0.6) is 11.5 Å². The van der Waals surface area contributed by atoms with E-state index in [2.05, 4.69) is 19.2 Å². The van der Waals surface area contributed by atoms with Gasteiger partial charge >= 0.3 is 18.6 Å². The van der Waals surface area contributed by atoms with Crippen LogP contribution in [0.3, 0.4) is 0 Å². The van der Waals surface area contributed by atoms with Gasteiger partial charge in [0.15, 0.2) is 11.5 Å². The molecule has 0 heterocycles. The van der Waals surface area contributed by atoms with Crippen LogP contribution in [-0.2, 0) is 51.3 Å². The van der Waals surface area contributed by atoms with Crippen molar-refractivity contribution >= 4 is 0 Å². The largest absolute Gasteiger partial charge is 2.00 e. The molecule has 1 N–H and O–H groups in total. The molecule has 1 aromatic carbocycles. The number of allylic oxidation sites excluding steroid dienone is 1. The van der Waals surface area contributed by atoms with Crippen molar-refractivity contribution in [2.75, 3.05) is 13.2 Å². The molecule has 1 aromatic rings. The molecule has 0 saturated heterocycles. The summed E-state index contributed by atoms with van der Waals surface area (Å²) in [5.41, 5.74) is 0. The Kier molecular flexibility index (Phi) is 21.1. The SMILES string of the molecule is C=CCCOc1ccc(OCC2CCC(C3CCC(C=C)CC3)CC2)c(F)c1F.[C-]#CO.[CH3-].[HH].[HH].[V+2].[Y]. The smallest absolute Gasteiger partial charge is 0.648 e. The molecule has 194 valence electrons. The van der Waals surface area contributed by atoms with E-state index in [-0.39, 0.29) is 79.7 Å². The number of benzene rings is 1. The van der Waals surface area contributed by atoms with E-state index in [0.29, 0.717) is 24.9 Å². The molecular formula is C28H42F2O3VY. The van der Waals surface area contributed by atoms with Crippen molar-refractivity contribution in [3.63, 3.8) is 0 Å². The fraction of sp³-hybridized carbons (Fsp3) is 0.536. The van der Waals surface area contributed by atoms with Gasteiger partial charge in [0.1, 0.15) is 0 Å². The molecule has 0 unspecified atom stereocenters. The van der Waals surface area contributed by atoms with Crippen molar-refractivity contribution < 1.29 is 77.5 Å². The third kappa shape index (κ3) is 11.9. The first-order valence-corrected chi connectivity index (χ1v) is 11.6. The molecular weight excluding hydrogens is 562 g/mol. The second-order valence-corrected chi connectivity index (χ2v) is 8.73. The van der Waals surface area contributed by atoms with Gasteiger partial charge in [0.2, 0.25) is 11.6 Å². The minimum atomic E-state index is -0.981. The molecule has 0 aliphatic heterocycles. The molecule has 3 rings (SSSR count). The van der Waals surface area contributed by atoms with Gasteiger partial charge in [-0.05, 0) is 93.6 Å². The van der Waals surface area contributed by atoms with Crippen molar-refractivity contribution in [3.8, 4) is 17.6 Å². The second-order valence-electron chi connectivity index (χ2n) is 8.73. The molecule has 0 atom stereocenters. The summed E-state index contributed by atoms with van der Waals surface area (Å²) in [6.45, 7) is 8.24. The molecule has 0 aromatic heterocycles. The van der Waals surface area contributed by atoms with Crippen molar-refractivity contribution in [3.05, 3.63) is 62.9 Å². The normalized spacial score (nSPS) is 22.8. The zero-order valence-corrected chi connectivity index (χ0v) is 25.1. The van der Waals surface area contributed by atoms with Crippen molar-refractivity contribution in [2.24, 2.45) is 23.7 Å². The summed E-state index contributed by atoms with van der Waals surface area (Å²) in [7, 11) is 0. The molecule has 0 spiro atoms. The van der Waals surface area contributed by atoms with Crippen LogP contribution in [-0.4, -0.2) is 18.3 Å². The number of aliphatic hydroxyl groups excluding tert-OH is 1. The number of hydrogen-bond acceptors (Lipinski definition) is 3. The predicted octanol–water partition coefficient (Wildman–Crippen LogP) is 7.94. The van der Waals surface area contributed by atoms with E-state index in [9.17, 15) is 8.78 Å². The molecule has 0 amide bonds. The van der Waals surface area contributed by atoms with Crippen LogP contribution in [0.15, 0.2) is 37.4 Å². The standard InChI is InChI=1S/C25H34F2O2.C2HO.CH3.V.Y.2H2/c1-3-5-16-28-22-14-15-23(25(27)24(22)26)29-17-19-8-12-21(13-9-19)20-10-6-18(4-2)7-11-20;1-2-3;;;;;/h3-4,14-15,18-21H,1-2,5-13,16-17H2;3H;1H3;;;2*1H/q;2*-1;+2;;;. The third-order valence-corrected chi connectivity index (χ3v) is 6.77. The van der Waals surface area contributed by atoms with Gasteiger partial charge in [0, 0.05) is 35.6 Å². The van der Waals surface area contributed by atoms with Crippen molar-refractivity contribution in [1.82, 2.24) is 0 Å². The molecule has 2 aliphatic rings. The zero-order chi connectivity index (χ0) is 23.3. The number of halogens is 2. The van der Waals surface area contributed by atoms with Crippen LogP contribution in [0.2, 0.25) is 0 Å². The van der Waals surface area contributed by atoms with E-state index < -0.39 is 11.6 Å². The Morgan fingerprint density at radius 3 is 1.89 bits per heavy atom. The first kappa shape index (κ1) is 36.4. The Morgan fingerprint density at radius 2 is 1.43 bits per heavy atom. The summed E-state index contributed by atoms with van der Waals surface area (Å²) in [6.07, 6.45) is 20.8. The molecule has 35 heavy (non-hydrogen) atoms. The van der Waals surface area contributed by atoms with E-state index in [4.69, 9.17) is 21.0 Å². The fourth-order valence-electron chi connectivity index (χ4n) is 4.88. The first-order valence-electron chi connectivity index (χ1n) is 11.6. The molecule has 2 saturated carbocycles. The van der Waals surface area contributed by atoms with Crippen LogP contribution in [0.1, 0.15) is 60.6 Å². The minimum Gasteiger partial charge on any atom is -0.648 e. The average molecular weight is 604 g/mol. The van der Waals surface area contributed by atoms with Crippen LogP contribution in [0, 0.1) is 55.3 Å². The maximum atomic E-state index is 14.3. The van der Waals surface area contributed by atoms with E-state index in [1.165, 1.54) is 50.7 Å². The van der Waals surface area contributed by atoms with E-state index >= 15 is 0 Å². The predicted molar refractivity (Wildman–Crippen MR) is 133 cm³/mol. The Hall–Kier alpha value is -0.792. The Morgan fingerprint density at radius 1 is 0.971 bits per heavy atom. The quantitative estimate of drug-likeness (QED) is 0.135. The van der Waals surface area contributed by atoms with Gasteiger partial charge in [-0.1, -0.05) is 12.2 Å². The summed E-state index contributed by atoms with van der Waals surface area (Å²) < 4.78 is 39.3. The van der Waals surface area contributed by atoms with Gasteiger partial charge in [-0.15, -0.1) is 13.2 Å². The monoisotopic (exact) mass is 604 g/mol. The molecule has 2 fully saturated rings. The number of ether oxygens (including phenoxy) is 2. The maximum absolute atomic E-state index is 14.3. The van der Waals surface area contributed by atoms with E-state index in [0.717, 1.165) is 30.8 Å². The number of hydrogen-bond donors (Lipinski definition) is 1. The van der Waals surface area contributed by atoms with Crippen LogP contribution in [0.4, 0.5) is 8.78 Å². The van der Waals surface area contributed by atoms with Crippen molar-refractivity contribution in [1.29, 1.82) is 0 Å². The zero-order valence-electron chi connectivity index (χ0n) is 20.9. The maximum Gasteiger partial charge on any atom is 2.00 e. The van der Waals surface area contributed by atoms with Crippen molar-refractivity contribution in [2.45, 2.75) is 57.8 Å². The molecule has 2 radical (unpaired) electrons. The minimum absolute atomic E-state index is 0. The Bertz CT molecular complexity index is 779. The van der Waals surface area contributed by atoms with Gasteiger partial charge in [-0.2, -0.15) is 14.9 Å². The third-order valence-electron chi connectivity index (χ3n) is 6.77. The van der Waals surface area contributed by atoms with E-state index in [1.807, 2.05) is 0 Å². The van der Waals surface area contributed by atoms with Gasteiger partial charge in [0.25, 0.3) is 0 Å². The van der Waals surface area contributed by atoms with Gasteiger partial charge in [-0.25, -0.2) is 0 Å². The van der Waals surface area contributed by atoms with Gasteiger partial charge in [0.05, 0.1) is 13.2 Å². The Labute approximate surface area is 251 Å². The summed E-state index contributed by atoms with van der Waals surface area (Å²) in [6, 6.07) is 2.90. The number of aliphatic hydroxyl groups is 1. The molecule has 0 bridgehead atoms. The van der Waals surface area contributed by atoms with Crippen LogP contribution < -0.4 is 9.47 Å². The number of rotatable bonds is 9. The molecule has 7 heteroatoms. The Balaban J connectivity index is -0.000000649. The summed E-state index contributed by atoms with van der Waals surface area (Å²) >= 11 is 0. The van der Waals surface area contributed by atoms with E-state index in [1.54, 1.807) is 6.08 Å². The fourth-order valence-corrected chi connectivity index (χ4v) is 4.88. The summed E-state index contributed by atoms with van der Waals surface area (Å²) in [5, 5.41) is 6.99. The molecule has 3 nitrogen and oxygen atoms in total.